The Labute approximate surface area is 111 Å². The molecule has 0 radical (unpaired) electrons. The number of carbonyl (C=O) groups excluding carboxylic acids is 1. The second kappa shape index (κ2) is 5.78. The lowest BCUT2D eigenvalue weighted by atomic mass is 10.1. The van der Waals surface area contributed by atoms with Crippen molar-refractivity contribution in [2.45, 2.75) is 26.8 Å². The van der Waals surface area contributed by atoms with Crippen LogP contribution in [0, 0.1) is 6.92 Å². The van der Waals surface area contributed by atoms with Gasteiger partial charge >= 0.3 is 0 Å². The predicted octanol–water partition coefficient (Wildman–Crippen LogP) is 3.66. The number of anilines is 1. The van der Waals surface area contributed by atoms with Crippen molar-refractivity contribution in [3.63, 3.8) is 0 Å². The minimum absolute atomic E-state index is 0.178. The van der Waals surface area contributed by atoms with E-state index in [1.54, 1.807) is 11.3 Å². The lowest BCUT2D eigenvalue weighted by molar-refractivity contribution is 0.0988. The van der Waals surface area contributed by atoms with E-state index in [0.29, 0.717) is 6.42 Å². The molecular weight excluding hydrogens is 244 g/mol. The zero-order valence-electron chi connectivity index (χ0n) is 10.6. The minimum atomic E-state index is 0.178. The highest BCUT2D eigenvalue weighted by molar-refractivity contribution is 7.09. The first-order valence-corrected chi connectivity index (χ1v) is 6.85. The van der Waals surface area contributed by atoms with Crippen LogP contribution in [0.25, 0.3) is 0 Å². The fourth-order valence-electron chi connectivity index (χ4n) is 1.64. The predicted molar refractivity (Wildman–Crippen MR) is 75.2 cm³/mol. The Morgan fingerprint density at radius 1 is 1.33 bits per heavy atom. The Hall–Kier alpha value is -1.68. The molecule has 0 spiro atoms. The van der Waals surface area contributed by atoms with Crippen molar-refractivity contribution >= 4 is 22.8 Å². The fourth-order valence-corrected chi connectivity index (χ4v) is 2.35. The van der Waals surface area contributed by atoms with Crippen LogP contribution in [0.2, 0.25) is 0 Å². The van der Waals surface area contributed by atoms with Gasteiger partial charge in [-0.3, -0.25) is 4.79 Å². The number of aromatic nitrogens is 1. The number of Topliss-reactive ketones (excluding diaryl/α,β-unsaturated/α-hetero) is 1. The Morgan fingerprint density at radius 2 is 2.06 bits per heavy atom. The first-order valence-electron chi connectivity index (χ1n) is 5.97. The van der Waals surface area contributed by atoms with Gasteiger partial charge in [-0.05, 0) is 31.2 Å². The van der Waals surface area contributed by atoms with Crippen LogP contribution < -0.4 is 5.32 Å². The van der Waals surface area contributed by atoms with Crippen LogP contribution in [0.5, 0.6) is 0 Å². The number of hydrogen-bond donors (Lipinski definition) is 1. The number of aryl methyl sites for hydroxylation is 1. The molecule has 4 heteroatoms. The number of thiazole rings is 1. The highest BCUT2D eigenvalue weighted by Crippen LogP contribution is 2.14. The summed E-state index contributed by atoms with van der Waals surface area (Å²) in [5, 5.41) is 6.41. The van der Waals surface area contributed by atoms with E-state index >= 15 is 0 Å². The summed E-state index contributed by atoms with van der Waals surface area (Å²) in [5.41, 5.74) is 2.84. The molecule has 0 aliphatic heterocycles. The van der Waals surface area contributed by atoms with Crippen LogP contribution in [0.1, 0.15) is 34.4 Å². The zero-order valence-corrected chi connectivity index (χ0v) is 11.4. The molecular formula is C14H16N2OS. The molecule has 0 atom stereocenters. The van der Waals surface area contributed by atoms with Crippen LogP contribution in [0.15, 0.2) is 29.6 Å². The molecule has 18 heavy (non-hydrogen) atoms. The third kappa shape index (κ3) is 3.17. The second-order valence-corrected chi connectivity index (χ2v) is 5.03. The summed E-state index contributed by atoms with van der Waals surface area (Å²) >= 11 is 1.65. The molecule has 1 N–H and O–H groups in total. The van der Waals surface area contributed by atoms with Gasteiger partial charge in [0.1, 0.15) is 5.01 Å². The summed E-state index contributed by atoms with van der Waals surface area (Å²) in [4.78, 5) is 15.9. The number of benzene rings is 1. The lowest BCUT2D eigenvalue weighted by Crippen LogP contribution is -2.00. The van der Waals surface area contributed by atoms with Crippen molar-refractivity contribution in [2.75, 3.05) is 5.32 Å². The maximum atomic E-state index is 11.5. The molecule has 0 saturated heterocycles. The van der Waals surface area contributed by atoms with Gasteiger partial charge < -0.3 is 5.32 Å². The van der Waals surface area contributed by atoms with Crippen molar-refractivity contribution < 1.29 is 4.79 Å². The summed E-state index contributed by atoms with van der Waals surface area (Å²) in [6.07, 6.45) is 0.547. The van der Waals surface area contributed by atoms with Gasteiger partial charge in [0.25, 0.3) is 0 Å². The summed E-state index contributed by atoms with van der Waals surface area (Å²) in [5.74, 6) is 0.178. The second-order valence-electron chi connectivity index (χ2n) is 4.09. The third-order valence-electron chi connectivity index (χ3n) is 2.64. The maximum absolute atomic E-state index is 11.5. The zero-order chi connectivity index (χ0) is 13.0. The van der Waals surface area contributed by atoms with Gasteiger partial charge in [0.2, 0.25) is 0 Å². The molecule has 94 valence electrons. The standard InChI is InChI=1S/C14H16N2OS/c1-3-13(17)11-4-6-12(7-5-11)15-8-14-16-10(2)9-18-14/h4-7,9,15H,3,8H2,1-2H3. The fraction of sp³-hybridized carbons (Fsp3) is 0.286. The van der Waals surface area contributed by atoms with Crippen molar-refractivity contribution in [3.05, 3.63) is 45.9 Å². The minimum Gasteiger partial charge on any atom is -0.379 e. The number of nitrogens with zero attached hydrogens (tertiary/aromatic N) is 1. The van der Waals surface area contributed by atoms with Crippen LogP contribution in [-0.4, -0.2) is 10.8 Å². The largest absolute Gasteiger partial charge is 0.379 e. The first kappa shape index (κ1) is 12.8. The highest BCUT2D eigenvalue weighted by atomic mass is 32.1. The van der Waals surface area contributed by atoms with E-state index in [9.17, 15) is 4.79 Å². The van der Waals surface area contributed by atoms with E-state index in [-0.39, 0.29) is 5.78 Å². The van der Waals surface area contributed by atoms with E-state index in [1.165, 1.54) is 0 Å². The van der Waals surface area contributed by atoms with E-state index < -0.39 is 0 Å². The van der Waals surface area contributed by atoms with E-state index in [0.717, 1.165) is 28.5 Å². The topological polar surface area (TPSA) is 42.0 Å². The lowest BCUT2D eigenvalue weighted by Gasteiger charge is -2.05. The normalized spacial score (nSPS) is 10.3. The maximum Gasteiger partial charge on any atom is 0.162 e. The van der Waals surface area contributed by atoms with Crippen molar-refractivity contribution in [1.29, 1.82) is 0 Å². The molecule has 0 aliphatic carbocycles. The number of carbonyl (C=O) groups is 1. The van der Waals surface area contributed by atoms with Gasteiger partial charge in [-0.2, -0.15) is 0 Å². The first-order chi connectivity index (χ1) is 8.69. The molecule has 0 bridgehead atoms. The van der Waals surface area contributed by atoms with Crippen LogP contribution in [0.3, 0.4) is 0 Å². The highest BCUT2D eigenvalue weighted by Gasteiger charge is 2.03. The number of ketones is 1. The van der Waals surface area contributed by atoms with Crippen molar-refractivity contribution in [3.8, 4) is 0 Å². The third-order valence-corrected chi connectivity index (χ3v) is 3.60. The monoisotopic (exact) mass is 260 g/mol. The van der Waals surface area contributed by atoms with E-state index in [2.05, 4.69) is 10.3 Å². The molecule has 1 heterocycles. The van der Waals surface area contributed by atoms with Gasteiger partial charge in [0, 0.05) is 28.7 Å². The van der Waals surface area contributed by atoms with Crippen molar-refractivity contribution in [1.82, 2.24) is 4.98 Å². The van der Waals surface area contributed by atoms with Gasteiger partial charge in [-0.15, -0.1) is 11.3 Å². The molecule has 0 amide bonds. The summed E-state index contributed by atoms with van der Waals surface area (Å²) in [6.45, 7) is 4.59. The molecule has 1 aromatic carbocycles. The van der Waals surface area contributed by atoms with Crippen LogP contribution >= 0.6 is 11.3 Å². The number of nitrogens with one attached hydrogen (secondary N) is 1. The molecule has 0 aliphatic rings. The molecule has 0 unspecified atom stereocenters. The Morgan fingerprint density at radius 3 is 2.61 bits per heavy atom. The molecule has 2 aromatic rings. The van der Waals surface area contributed by atoms with E-state index in [1.807, 2.05) is 43.5 Å². The number of rotatable bonds is 5. The average Bonchev–Trinajstić information content (AvgIpc) is 2.82. The molecule has 2 rings (SSSR count). The Balaban J connectivity index is 1.96. The average molecular weight is 260 g/mol. The molecule has 1 aromatic heterocycles. The number of hydrogen-bond acceptors (Lipinski definition) is 4. The quantitative estimate of drug-likeness (QED) is 0.834. The summed E-state index contributed by atoms with van der Waals surface area (Å²) in [6, 6.07) is 7.59. The van der Waals surface area contributed by atoms with Gasteiger partial charge in [-0.25, -0.2) is 4.98 Å². The van der Waals surface area contributed by atoms with Crippen molar-refractivity contribution in [2.24, 2.45) is 0 Å². The van der Waals surface area contributed by atoms with E-state index in [4.69, 9.17) is 0 Å². The van der Waals surface area contributed by atoms with Gasteiger partial charge in [0.15, 0.2) is 5.78 Å². The van der Waals surface area contributed by atoms with Crippen LogP contribution in [-0.2, 0) is 6.54 Å². The Bertz CT molecular complexity index is 531. The molecule has 0 fully saturated rings. The smallest absolute Gasteiger partial charge is 0.162 e. The van der Waals surface area contributed by atoms with Crippen LogP contribution in [0.4, 0.5) is 5.69 Å². The molecule has 0 saturated carbocycles. The van der Waals surface area contributed by atoms with Gasteiger partial charge in [0.05, 0.1) is 6.54 Å². The molecule has 3 nitrogen and oxygen atoms in total. The SMILES string of the molecule is CCC(=O)c1ccc(NCc2nc(C)cs2)cc1. The summed E-state index contributed by atoms with van der Waals surface area (Å²) in [7, 11) is 0. The summed E-state index contributed by atoms with van der Waals surface area (Å²) < 4.78 is 0. The van der Waals surface area contributed by atoms with Gasteiger partial charge in [-0.1, -0.05) is 6.92 Å². The Kier molecular flexibility index (Phi) is 4.10.